The molecule has 1 fully saturated rings. The van der Waals surface area contributed by atoms with Gasteiger partial charge in [0.15, 0.2) is 0 Å². The number of ether oxygens (including phenoxy) is 2. The van der Waals surface area contributed by atoms with Gasteiger partial charge in [-0.05, 0) is 19.3 Å². The quantitative estimate of drug-likeness (QED) is 0.806. The molecule has 6 heteroatoms. The van der Waals surface area contributed by atoms with Gasteiger partial charge < -0.3 is 14.8 Å². The fraction of sp³-hybridized carbons (Fsp3) is 0.692. The van der Waals surface area contributed by atoms with E-state index in [0.717, 1.165) is 29.3 Å². The molecule has 19 heavy (non-hydrogen) atoms. The van der Waals surface area contributed by atoms with Gasteiger partial charge in [-0.15, -0.1) is 11.3 Å². The number of aryl methyl sites for hydroxylation is 1. The van der Waals surface area contributed by atoms with Crippen molar-refractivity contribution in [3.8, 4) is 0 Å². The number of thiazole rings is 1. The molecule has 0 amide bonds. The maximum atomic E-state index is 11.1. The van der Waals surface area contributed by atoms with Crippen molar-refractivity contribution in [2.75, 3.05) is 20.8 Å². The Kier molecular flexibility index (Phi) is 5.30. The maximum Gasteiger partial charge on any atom is 0.305 e. The Morgan fingerprint density at radius 1 is 1.53 bits per heavy atom. The first-order valence-electron chi connectivity index (χ1n) is 6.49. The van der Waals surface area contributed by atoms with Crippen molar-refractivity contribution in [1.29, 1.82) is 0 Å². The number of rotatable bonds is 6. The van der Waals surface area contributed by atoms with E-state index in [2.05, 4.69) is 15.0 Å². The van der Waals surface area contributed by atoms with Crippen LogP contribution in [0.25, 0.3) is 0 Å². The van der Waals surface area contributed by atoms with Gasteiger partial charge in [-0.3, -0.25) is 4.79 Å². The van der Waals surface area contributed by atoms with Crippen LogP contribution >= 0.6 is 11.3 Å². The fourth-order valence-electron chi connectivity index (χ4n) is 2.27. The summed E-state index contributed by atoms with van der Waals surface area (Å²) in [6.07, 6.45) is 5.21. The lowest BCUT2D eigenvalue weighted by Gasteiger charge is -2.11. The minimum absolute atomic E-state index is 0.172. The van der Waals surface area contributed by atoms with Crippen molar-refractivity contribution >= 4 is 17.3 Å². The van der Waals surface area contributed by atoms with Crippen molar-refractivity contribution < 1.29 is 14.3 Å². The monoisotopic (exact) mass is 284 g/mol. The summed E-state index contributed by atoms with van der Waals surface area (Å²) in [4.78, 5) is 16.7. The van der Waals surface area contributed by atoms with E-state index in [1.54, 1.807) is 18.4 Å². The first-order valence-corrected chi connectivity index (χ1v) is 7.31. The van der Waals surface area contributed by atoms with Crippen molar-refractivity contribution in [2.24, 2.45) is 0 Å². The molecule has 1 N–H and O–H groups in total. The molecule has 0 aromatic carbocycles. The van der Waals surface area contributed by atoms with Gasteiger partial charge in [0.1, 0.15) is 5.01 Å². The minimum Gasteiger partial charge on any atom is -0.469 e. The number of hydrogen-bond donors (Lipinski definition) is 1. The SMILES string of the molecule is COC[C@@H]1CC[C@@H](c2ncc(CCC(=O)OC)s2)N1. The molecule has 1 saturated heterocycles. The molecule has 0 aliphatic carbocycles. The molecule has 106 valence electrons. The lowest BCUT2D eigenvalue weighted by molar-refractivity contribution is -0.140. The average molecular weight is 284 g/mol. The molecule has 0 radical (unpaired) electrons. The Morgan fingerprint density at radius 2 is 2.37 bits per heavy atom. The highest BCUT2D eigenvalue weighted by atomic mass is 32.1. The normalized spacial score (nSPS) is 22.6. The second-order valence-corrected chi connectivity index (χ2v) is 5.84. The Labute approximate surface area is 117 Å². The second kappa shape index (κ2) is 6.98. The minimum atomic E-state index is -0.172. The van der Waals surface area contributed by atoms with Crippen LogP contribution in [-0.2, 0) is 20.7 Å². The van der Waals surface area contributed by atoms with E-state index in [-0.39, 0.29) is 5.97 Å². The van der Waals surface area contributed by atoms with Gasteiger partial charge in [0, 0.05) is 24.2 Å². The van der Waals surface area contributed by atoms with Gasteiger partial charge in [-0.2, -0.15) is 0 Å². The lowest BCUT2D eigenvalue weighted by Crippen LogP contribution is -2.28. The van der Waals surface area contributed by atoms with Gasteiger partial charge >= 0.3 is 5.97 Å². The van der Waals surface area contributed by atoms with Crippen LogP contribution in [0.1, 0.15) is 35.2 Å². The van der Waals surface area contributed by atoms with E-state index >= 15 is 0 Å². The topological polar surface area (TPSA) is 60.5 Å². The van der Waals surface area contributed by atoms with Crippen LogP contribution < -0.4 is 5.32 Å². The number of hydrogen-bond acceptors (Lipinski definition) is 6. The average Bonchev–Trinajstić information content (AvgIpc) is 3.05. The standard InChI is InChI=1S/C13H20N2O3S/c1-17-8-9-3-5-11(15-9)13-14-7-10(19-13)4-6-12(16)18-2/h7,9,11,15H,3-6,8H2,1-2H3/t9-,11-/m0/s1. The summed E-state index contributed by atoms with van der Waals surface area (Å²) in [6.45, 7) is 0.747. The smallest absolute Gasteiger partial charge is 0.305 e. The maximum absolute atomic E-state index is 11.1. The Bertz CT molecular complexity index is 422. The summed E-state index contributed by atoms with van der Waals surface area (Å²) < 4.78 is 9.80. The zero-order chi connectivity index (χ0) is 13.7. The number of carbonyl (C=O) groups is 1. The van der Waals surface area contributed by atoms with Gasteiger partial charge in [-0.1, -0.05) is 0 Å². The summed E-state index contributed by atoms with van der Waals surface area (Å²) in [5.41, 5.74) is 0. The number of methoxy groups -OCH3 is 2. The van der Waals surface area contributed by atoms with Crippen LogP contribution in [0.15, 0.2) is 6.20 Å². The molecule has 1 aliphatic heterocycles. The molecular weight excluding hydrogens is 264 g/mol. The molecule has 1 aromatic rings. The fourth-order valence-corrected chi connectivity index (χ4v) is 3.28. The summed E-state index contributed by atoms with van der Waals surface area (Å²) >= 11 is 1.68. The van der Waals surface area contributed by atoms with Crippen LogP contribution in [0.4, 0.5) is 0 Å². The molecule has 1 aromatic heterocycles. The molecule has 2 heterocycles. The molecule has 0 spiro atoms. The Balaban J connectivity index is 1.85. The summed E-state index contributed by atoms with van der Waals surface area (Å²) in [6, 6.07) is 0.759. The van der Waals surface area contributed by atoms with E-state index in [1.165, 1.54) is 7.11 Å². The van der Waals surface area contributed by atoms with Gasteiger partial charge in [0.25, 0.3) is 0 Å². The van der Waals surface area contributed by atoms with Crippen LogP contribution in [-0.4, -0.2) is 37.8 Å². The van der Waals surface area contributed by atoms with Gasteiger partial charge in [0.05, 0.1) is 26.2 Å². The highest BCUT2D eigenvalue weighted by Gasteiger charge is 2.26. The Morgan fingerprint density at radius 3 is 3.11 bits per heavy atom. The molecule has 0 unspecified atom stereocenters. The van der Waals surface area contributed by atoms with Crippen LogP contribution in [0, 0.1) is 0 Å². The van der Waals surface area contributed by atoms with Crippen LogP contribution in [0.3, 0.4) is 0 Å². The molecular formula is C13H20N2O3S. The first kappa shape index (κ1) is 14.4. The lowest BCUT2D eigenvalue weighted by atomic mass is 10.2. The van der Waals surface area contributed by atoms with Crippen molar-refractivity contribution in [3.05, 3.63) is 16.1 Å². The molecule has 0 saturated carbocycles. The predicted molar refractivity (Wildman–Crippen MR) is 73.2 cm³/mol. The third-order valence-electron chi connectivity index (χ3n) is 3.28. The van der Waals surface area contributed by atoms with E-state index < -0.39 is 0 Å². The number of nitrogens with one attached hydrogen (secondary N) is 1. The second-order valence-electron chi connectivity index (χ2n) is 4.69. The molecule has 1 aliphatic rings. The molecule has 2 rings (SSSR count). The highest BCUT2D eigenvalue weighted by Crippen LogP contribution is 2.30. The van der Waals surface area contributed by atoms with E-state index in [1.807, 2.05) is 6.20 Å². The highest BCUT2D eigenvalue weighted by molar-refractivity contribution is 7.11. The van der Waals surface area contributed by atoms with Crippen molar-refractivity contribution in [2.45, 2.75) is 37.8 Å². The van der Waals surface area contributed by atoms with Gasteiger partial charge in [0.2, 0.25) is 0 Å². The summed E-state index contributed by atoms with van der Waals surface area (Å²) in [5.74, 6) is -0.172. The zero-order valence-corrected chi connectivity index (χ0v) is 12.2. The third-order valence-corrected chi connectivity index (χ3v) is 4.45. The largest absolute Gasteiger partial charge is 0.469 e. The number of aromatic nitrogens is 1. The Hall–Kier alpha value is -0.980. The third kappa shape index (κ3) is 3.99. The van der Waals surface area contributed by atoms with Crippen LogP contribution in [0.2, 0.25) is 0 Å². The number of esters is 1. The summed E-state index contributed by atoms with van der Waals surface area (Å²) in [7, 11) is 3.14. The van der Waals surface area contributed by atoms with Gasteiger partial charge in [-0.25, -0.2) is 4.98 Å². The van der Waals surface area contributed by atoms with Crippen molar-refractivity contribution in [3.63, 3.8) is 0 Å². The number of nitrogens with zero attached hydrogens (tertiary/aromatic N) is 1. The van der Waals surface area contributed by atoms with E-state index in [0.29, 0.717) is 24.9 Å². The van der Waals surface area contributed by atoms with E-state index in [9.17, 15) is 4.79 Å². The molecule has 0 bridgehead atoms. The molecule has 2 atom stereocenters. The van der Waals surface area contributed by atoms with Crippen molar-refractivity contribution in [1.82, 2.24) is 10.3 Å². The molecule has 5 nitrogen and oxygen atoms in total. The predicted octanol–water partition coefficient (Wildman–Crippen LogP) is 1.69. The van der Waals surface area contributed by atoms with Crippen LogP contribution in [0.5, 0.6) is 0 Å². The number of carbonyl (C=O) groups excluding carboxylic acids is 1. The summed E-state index contributed by atoms with van der Waals surface area (Å²) in [5, 5.41) is 4.64. The first-order chi connectivity index (χ1) is 9.22. The zero-order valence-electron chi connectivity index (χ0n) is 11.3. The van der Waals surface area contributed by atoms with E-state index in [4.69, 9.17) is 4.74 Å².